The largest absolute Gasteiger partial charge is 0.304 e. The van der Waals surface area contributed by atoms with Crippen molar-refractivity contribution in [2.24, 2.45) is 0 Å². The first-order valence-electron chi connectivity index (χ1n) is 7.06. The van der Waals surface area contributed by atoms with Gasteiger partial charge in [-0.05, 0) is 51.3 Å². The van der Waals surface area contributed by atoms with Crippen LogP contribution in [0.1, 0.15) is 51.1 Å². The fourth-order valence-corrected chi connectivity index (χ4v) is 4.82. The van der Waals surface area contributed by atoms with Gasteiger partial charge in [0.25, 0.3) is 0 Å². The molecule has 0 fully saturated rings. The second-order valence-corrected chi connectivity index (χ2v) is 7.55. The van der Waals surface area contributed by atoms with E-state index in [-0.39, 0.29) is 0 Å². The Balaban J connectivity index is 1.89. The molecule has 2 aromatic rings. The summed E-state index contributed by atoms with van der Waals surface area (Å²) in [5, 5.41) is 4.93. The van der Waals surface area contributed by atoms with Gasteiger partial charge in [-0.25, -0.2) is 4.98 Å². The summed E-state index contributed by atoms with van der Waals surface area (Å²) in [6, 6.07) is 4.76. The van der Waals surface area contributed by atoms with E-state index in [2.05, 4.69) is 31.3 Å². The number of thiophene rings is 1. The second kappa shape index (κ2) is 5.73. The average molecular weight is 292 g/mol. The van der Waals surface area contributed by atoms with Crippen LogP contribution >= 0.6 is 22.7 Å². The van der Waals surface area contributed by atoms with Crippen LogP contribution in [0.5, 0.6) is 0 Å². The molecule has 1 aliphatic carbocycles. The Morgan fingerprint density at radius 3 is 2.89 bits per heavy atom. The first-order chi connectivity index (χ1) is 9.28. The molecule has 1 unspecified atom stereocenters. The lowest BCUT2D eigenvalue weighted by atomic mass is 10.2. The number of nitrogens with one attached hydrogen (secondary N) is 1. The highest BCUT2D eigenvalue weighted by Crippen LogP contribution is 2.35. The molecule has 2 heterocycles. The van der Waals surface area contributed by atoms with Crippen LogP contribution in [0.15, 0.2) is 12.1 Å². The number of fused-ring (bicyclic) bond motifs is 1. The van der Waals surface area contributed by atoms with Gasteiger partial charge in [0, 0.05) is 14.6 Å². The molecule has 0 saturated carbocycles. The predicted octanol–water partition coefficient (Wildman–Crippen LogP) is 4.09. The smallest absolute Gasteiger partial charge is 0.115 e. The van der Waals surface area contributed by atoms with E-state index in [4.69, 9.17) is 4.98 Å². The molecule has 19 heavy (non-hydrogen) atoms. The normalized spacial score (nSPS) is 15.7. The fourth-order valence-electron chi connectivity index (χ4n) is 2.54. The number of thiazole rings is 1. The Labute approximate surface area is 122 Å². The molecule has 1 atom stereocenters. The number of hydrogen-bond acceptors (Lipinski definition) is 4. The Morgan fingerprint density at radius 1 is 1.32 bits per heavy atom. The van der Waals surface area contributed by atoms with Crippen LogP contribution in [0, 0.1) is 6.92 Å². The van der Waals surface area contributed by atoms with E-state index >= 15 is 0 Å². The highest BCUT2D eigenvalue weighted by atomic mass is 32.1. The molecule has 1 N–H and O–H groups in total. The van der Waals surface area contributed by atoms with Crippen LogP contribution < -0.4 is 5.32 Å². The van der Waals surface area contributed by atoms with E-state index in [1.807, 2.05) is 22.7 Å². The summed E-state index contributed by atoms with van der Waals surface area (Å²) in [5.74, 6) is 0. The van der Waals surface area contributed by atoms with Gasteiger partial charge in [-0.1, -0.05) is 6.92 Å². The van der Waals surface area contributed by atoms with Crippen LogP contribution in [0.2, 0.25) is 0 Å². The van der Waals surface area contributed by atoms with E-state index in [0.717, 1.165) is 13.0 Å². The van der Waals surface area contributed by atoms with Crippen LogP contribution in [-0.4, -0.2) is 11.5 Å². The molecule has 0 amide bonds. The minimum absolute atomic E-state index is 0.300. The molecule has 0 aromatic carbocycles. The molecule has 0 bridgehead atoms. The van der Waals surface area contributed by atoms with Gasteiger partial charge in [0.1, 0.15) is 5.01 Å². The van der Waals surface area contributed by atoms with Gasteiger partial charge in [0.15, 0.2) is 0 Å². The van der Waals surface area contributed by atoms with Crippen LogP contribution in [-0.2, 0) is 12.8 Å². The molecule has 0 saturated heterocycles. The first kappa shape index (κ1) is 13.3. The topological polar surface area (TPSA) is 24.9 Å². The zero-order chi connectivity index (χ0) is 13.2. The minimum atomic E-state index is 0.300. The molecular weight excluding hydrogens is 272 g/mol. The lowest BCUT2D eigenvalue weighted by Gasteiger charge is -2.14. The molecule has 4 heteroatoms. The van der Waals surface area contributed by atoms with Gasteiger partial charge in [0.05, 0.1) is 11.7 Å². The number of nitrogens with zero attached hydrogens (tertiary/aromatic N) is 1. The molecule has 0 aliphatic heterocycles. The van der Waals surface area contributed by atoms with Crippen molar-refractivity contribution in [1.82, 2.24) is 10.3 Å². The molecule has 1 aliphatic rings. The quantitative estimate of drug-likeness (QED) is 0.898. The van der Waals surface area contributed by atoms with E-state index in [0.29, 0.717) is 6.04 Å². The van der Waals surface area contributed by atoms with Gasteiger partial charge in [0.2, 0.25) is 0 Å². The maximum atomic E-state index is 4.89. The van der Waals surface area contributed by atoms with E-state index < -0.39 is 0 Å². The summed E-state index contributed by atoms with van der Waals surface area (Å²) >= 11 is 3.80. The van der Waals surface area contributed by atoms with Crippen LogP contribution in [0.3, 0.4) is 0 Å². The van der Waals surface area contributed by atoms with Gasteiger partial charge < -0.3 is 5.32 Å². The summed E-state index contributed by atoms with van der Waals surface area (Å²) in [7, 11) is 0. The summed E-state index contributed by atoms with van der Waals surface area (Å²) in [4.78, 5) is 9.19. The fraction of sp³-hybridized carbons (Fsp3) is 0.533. The minimum Gasteiger partial charge on any atom is -0.304 e. The second-order valence-electron chi connectivity index (χ2n) is 5.11. The van der Waals surface area contributed by atoms with E-state index in [9.17, 15) is 0 Å². The molecule has 2 nitrogen and oxygen atoms in total. The summed E-state index contributed by atoms with van der Waals surface area (Å²) < 4.78 is 0. The zero-order valence-electron chi connectivity index (χ0n) is 11.5. The van der Waals surface area contributed by atoms with Crippen molar-refractivity contribution in [1.29, 1.82) is 0 Å². The molecule has 0 radical (unpaired) electrons. The van der Waals surface area contributed by atoms with Crippen molar-refractivity contribution in [2.75, 3.05) is 6.54 Å². The van der Waals surface area contributed by atoms with Gasteiger partial charge >= 0.3 is 0 Å². The highest BCUT2D eigenvalue weighted by Gasteiger charge is 2.23. The third-order valence-corrected chi connectivity index (χ3v) is 5.79. The summed E-state index contributed by atoms with van der Waals surface area (Å²) in [6.45, 7) is 5.43. The molecular formula is C15H20N2S2. The number of aromatic nitrogens is 1. The summed E-state index contributed by atoms with van der Waals surface area (Å²) in [5.41, 5.74) is 1.36. The Bertz CT molecular complexity index is 535. The van der Waals surface area contributed by atoms with Crippen molar-refractivity contribution in [3.63, 3.8) is 0 Å². The van der Waals surface area contributed by atoms with Crippen molar-refractivity contribution >= 4 is 22.7 Å². The van der Waals surface area contributed by atoms with Gasteiger partial charge in [-0.2, -0.15) is 0 Å². The van der Waals surface area contributed by atoms with Crippen LogP contribution in [0.4, 0.5) is 0 Å². The van der Waals surface area contributed by atoms with Crippen LogP contribution in [0.25, 0.3) is 0 Å². The SMILES string of the molecule is CCCNC(c1ccc(C)s1)c1nc2c(s1)CCC2. The van der Waals surface area contributed by atoms with Crippen molar-refractivity contribution in [2.45, 2.75) is 45.6 Å². The Hall–Kier alpha value is -0.710. The van der Waals surface area contributed by atoms with Crippen molar-refractivity contribution < 1.29 is 0 Å². The maximum Gasteiger partial charge on any atom is 0.115 e. The van der Waals surface area contributed by atoms with E-state index in [1.54, 1.807) is 0 Å². The number of hydrogen-bond donors (Lipinski definition) is 1. The lowest BCUT2D eigenvalue weighted by Crippen LogP contribution is -2.22. The molecule has 3 rings (SSSR count). The average Bonchev–Trinajstić information content (AvgIpc) is 3.05. The third-order valence-electron chi connectivity index (χ3n) is 3.50. The zero-order valence-corrected chi connectivity index (χ0v) is 13.2. The monoisotopic (exact) mass is 292 g/mol. The standard InChI is InChI=1S/C15H20N2S2/c1-3-9-16-14(13-8-7-10(2)18-13)15-17-11-5-4-6-12(11)19-15/h7-8,14,16H,3-6,9H2,1-2H3. The Kier molecular flexibility index (Phi) is 4.01. The lowest BCUT2D eigenvalue weighted by molar-refractivity contribution is 0.601. The maximum absolute atomic E-state index is 4.89. The Morgan fingerprint density at radius 2 is 2.21 bits per heavy atom. The third kappa shape index (κ3) is 2.76. The van der Waals surface area contributed by atoms with E-state index in [1.165, 1.54) is 44.6 Å². The van der Waals surface area contributed by atoms with Gasteiger partial charge in [-0.3, -0.25) is 0 Å². The number of aryl methyl sites for hydroxylation is 3. The van der Waals surface area contributed by atoms with Crippen molar-refractivity contribution in [3.8, 4) is 0 Å². The predicted molar refractivity (Wildman–Crippen MR) is 83.3 cm³/mol. The summed E-state index contributed by atoms with van der Waals surface area (Å²) in [6.07, 6.45) is 4.86. The molecule has 0 spiro atoms. The number of rotatable bonds is 5. The first-order valence-corrected chi connectivity index (χ1v) is 8.69. The molecule has 102 valence electrons. The highest BCUT2D eigenvalue weighted by molar-refractivity contribution is 7.13. The van der Waals surface area contributed by atoms with Crippen molar-refractivity contribution in [3.05, 3.63) is 37.5 Å². The van der Waals surface area contributed by atoms with Gasteiger partial charge in [-0.15, -0.1) is 22.7 Å². The molecule has 2 aromatic heterocycles.